The van der Waals surface area contributed by atoms with Crippen molar-refractivity contribution in [3.63, 3.8) is 0 Å². The molecule has 2 aliphatic rings. The summed E-state index contributed by atoms with van der Waals surface area (Å²) in [5, 5.41) is 15.9. The fourth-order valence-corrected chi connectivity index (χ4v) is 7.88. The van der Waals surface area contributed by atoms with E-state index in [1.54, 1.807) is 16.9 Å². The third kappa shape index (κ3) is 9.47. The van der Waals surface area contributed by atoms with Gasteiger partial charge in [-0.2, -0.15) is 13.2 Å². The first-order chi connectivity index (χ1) is 23.7. The molecule has 0 saturated carbocycles. The van der Waals surface area contributed by atoms with Crippen LogP contribution in [0.2, 0.25) is 0 Å². The molecule has 5 rings (SSSR count). The van der Waals surface area contributed by atoms with Crippen molar-refractivity contribution in [3.8, 4) is 17.6 Å². The molecule has 1 amide bonds. The first-order valence-corrected chi connectivity index (χ1v) is 17.8. The van der Waals surface area contributed by atoms with E-state index in [1.807, 2.05) is 6.07 Å². The number of halogens is 4. The number of benzene rings is 2. The molecule has 1 unspecified atom stereocenters. The number of aliphatic hydroxyl groups is 1. The van der Waals surface area contributed by atoms with Crippen LogP contribution in [-0.2, 0) is 30.7 Å². The number of hydrogen-bond acceptors (Lipinski definition) is 12. The van der Waals surface area contributed by atoms with Gasteiger partial charge in [-0.25, -0.2) is 22.3 Å². The topological polar surface area (TPSA) is 156 Å². The van der Waals surface area contributed by atoms with Crippen LogP contribution in [0.15, 0.2) is 35.2 Å². The van der Waals surface area contributed by atoms with Crippen molar-refractivity contribution in [3.05, 3.63) is 46.6 Å². The Bertz CT molecular complexity index is 1900. The number of piperidine rings is 1. The second-order valence-electron chi connectivity index (χ2n) is 11.6. The molecule has 1 atom stereocenters. The van der Waals surface area contributed by atoms with Crippen molar-refractivity contribution in [2.45, 2.75) is 49.4 Å². The van der Waals surface area contributed by atoms with E-state index in [-0.39, 0.29) is 53.8 Å². The third-order valence-corrected chi connectivity index (χ3v) is 10.4. The summed E-state index contributed by atoms with van der Waals surface area (Å²) in [4.78, 5) is 24.0. The molecule has 18 heteroatoms. The Hall–Kier alpha value is -4.31. The van der Waals surface area contributed by atoms with Crippen LogP contribution in [-0.4, -0.2) is 94.8 Å². The fraction of sp³-hybridized carbons (Fsp3) is 0.438. The number of carbonyl (C=O) groups excluding carboxylic acids is 2. The molecule has 2 fully saturated rings. The van der Waals surface area contributed by atoms with Gasteiger partial charge in [-0.05, 0) is 29.9 Å². The molecule has 50 heavy (non-hydrogen) atoms. The lowest BCUT2D eigenvalue weighted by Gasteiger charge is -2.33. The normalized spacial score (nSPS) is 17.1. The lowest BCUT2D eigenvalue weighted by molar-refractivity contribution is -0.127. The summed E-state index contributed by atoms with van der Waals surface area (Å²) in [6.07, 6.45) is -5.15. The van der Waals surface area contributed by atoms with Gasteiger partial charge in [-0.15, -0.1) is 11.3 Å². The number of sulfonamides is 1. The number of rotatable bonds is 12. The van der Waals surface area contributed by atoms with E-state index in [2.05, 4.69) is 27.4 Å². The molecule has 0 spiro atoms. The zero-order valence-corrected chi connectivity index (χ0v) is 28.3. The Morgan fingerprint density at radius 3 is 2.62 bits per heavy atom. The average molecular weight is 743 g/mol. The van der Waals surface area contributed by atoms with Crippen LogP contribution in [0.25, 0.3) is 10.1 Å². The number of ether oxygens (including phenoxy) is 3. The van der Waals surface area contributed by atoms with Crippen LogP contribution in [0, 0.1) is 17.7 Å². The molecule has 0 radical (unpaired) electrons. The van der Waals surface area contributed by atoms with E-state index >= 15 is 0 Å². The smallest absolute Gasteiger partial charge is 0.489 e. The third-order valence-electron chi connectivity index (χ3n) is 7.77. The zero-order valence-electron chi connectivity index (χ0n) is 26.7. The number of cyclic esters (lactones) is 2. The minimum atomic E-state index is -4.56. The standard InChI is InChI=1S/C32H34F4N4O8S2/c1-19(42)39-50(44,45)29-15-27(46-13-12-41)26(14-24(29)33)37-9-3-6-28-23(16-32(34,35)36)22-4-2-5-25(30(22)49-28)38-20-7-10-40(11-8-20)17-21-18-47-31(43)48-21/h2,4-5,14-15,20-21,37-38,41H,7-13,16-18H2,1H3,(H,39,42). The number of likely N-dealkylation sites (tertiary alicyclic amines) is 1. The Balaban J connectivity index is 1.33. The second-order valence-corrected chi connectivity index (χ2v) is 14.2. The SMILES string of the molecule is CC(=O)NS(=O)(=O)c1cc(OCCO)c(NCC#Cc2sc3c(NC4CCN(CC5COC(=O)O5)CC4)cccc3c2CC(F)(F)F)cc1F. The number of fused-ring (bicyclic) bond motifs is 1. The minimum Gasteiger partial charge on any atom is -0.489 e. The Labute approximate surface area is 289 Å². The largest absolute Gasteiger partial charge is 0.508 e. The van der Waals surface area contributed by atoms with Crippen molar-refractivity contribution in [2.24, 2.45) is 0 Å². The monoisotopic (exact) mass is 742 g/mol. The van der Waals surface area contributed by atoms with Crippen LogP contribution in [0.5, 0.6) is 5.75 Å². The fourth-order valence-electron chi connectivity index (χ4n) is 5.65. The second kappa shape index (κ2) is 15.7. The minimum absolute atomic E-state index is 0.0299. The molecular formula is C32H34F4N4O8S2. The molecule has 1 aromatic heterocycles. The zero-order chi connectivity index (χ0) is 36.1. The molecule has 270 valence electrons. The number of hydrogen-bond donors (Lipinski definition) is 4. The van der Waals surface area contributed by atoms with Crippen LogP contribution in [0.3, 0.4) is 0 Å². The molecule has 2 aliphatic heterocycles. The highest BCUT2D eigenvalue weighted by atomic mass is 32.2. The highest BCUT2D eigenvalue weighted by molar-refractivity contribution is 7.90. The van der Waals surface area contributed by atoms with Gasteiger partial charge in [0.2, 0.25) is 5.91 Å². The van der Waals surface area contributed by atoms with Crippen molar-refractivity contribution in [1.82, 2.24) is 9.62 Å². The molecule has 2 saturated heterocycles. The Morgan fingerprint density at radius 2 is 1.96 bits per heavy atom. The van der Waals surface area contributed by atoms with E-state index in [0.29, 0.717) is 22.3 Å². The maximum absolute atomic E-state index is 14.9. The molecular weight excluding hydrogens is 708 g/mol. The van der Waals surface area contributed by atoms with Gasteiger partial charge in [-0.3, -0.25) is 9.69 Å². The summed E-state index contributed by atoms with van der Waals surface area (Å²) >= 11 is 1.12. The lowest BCUT2D eigenvalue weighted by atomic mass is 10.0. The molecule has 2 aromatic carbocycles. The van der Waals surface area contributed by atoms with Crippen molar-refractivity contribution < 1.29 is 54.9 Å². The average Bonchev–Trinajstić information content (AvgIpc) is 3.60. The summed E-state index contributed by atoms with van der Waals surface area (Å²) in [6, 6.07) is 6.86. The van der Waals surface area contributed by atoms with E-state index in [1.165, 1.54) is 0 Å². The lowest BCUT2D eigenvalue weighted by Crippen LogP contribution is -2.43. The first-order valence-electron chi connectivity index (χ1n) is 15.5. The van der Waals surface area contributed by atoms with E-state index in [4.69, 9.17) is 14.2 Å². The van der Waals surface area contributed by atoms with E-state index < -0.39 is 52.0 Å². The molecule has 4 N–H and O–H groups in total. The number of aliphatic hydroxyl groups excluding tert-OH is 1. The van der Waals surface area contributed by atoms with Gasteiger partial charge in [0.15, 0.2) is 6.10 Å². The summed E-state index contributed by atoms with van der Waals surface area (Å²) in [5.41, 5.74) is 0.686. The van der Waals surface area contributed by atoms with Crippen LogP contribution >= 0.6 is 11.3 Å². The number of anilines is 2. The summed E-state index contributed by atoms with van der Waals surface area (Å²) in [6.45, 7) is 2.30. The number of nitrogens with one attached hydrogen (secondary N) is 3. The van der Waals surface area contributed by atoms with Gasteiger partial charge in [-0.1, -0.05) is 24.0 Å². The van der Waals surface area contributed by atoms with E-state index in [9.17, 15) is 40.7 Å². The maximum atomic E-state index is 14.9. The summed E-state index contributed by atoms with van der Waals surface area (Å²) in [7, 11) is -4.56. The number of nitrogens with zero attached hydrogens (tertiary/aromatic N) is 1. The van der Waals surface area contributed by atoms with Crippen molar-refractivity contribution >= 4 is 54.9 Å². The number of carbonyl (C=O) groups is 2. The van der Waals surface area contributed by atoms with Gasteiger partial charge in [0.1, 0.15) is 29.7 Å². The van der Waals surface area contributed by atoms with Crippen LogP contribution in [0.1, 0.15) is 30.2 Å². The van der Waals surface area contributed by atoms with E-state index in [0.717, 1.165) is 56.3 Å². The molecule has 12 nitrogen and oxygen atoms in total. The van der Waals surface area contributed by atoms with Gasteiger partial charge in [0.05, 0.1) is 40.5 Å². The maximum Gasteiger partial charge on any atom is 0.508 e. The Kier molecular flexibility index (Phi) is 11.6. The van der Waals surface area contributed by atoms with Gasteiger partial charge in [0, 0.05) is 44.7 Å². The number of amides is 1. The molecule has 3 heterocycles. The van der Waals surface area contributed by atoms with Gasteiger partial charge in [0.25, 0.3) is 10.0 Å². The van der Waals surface area contributed by atoms with Crippen LogP contribution < -0.4 is 20.1 Å². The molecule has 0 aliphatic carbocycles. The van der Waals surface area contributed by atoms with Crippen molar-refractivity contribution in [2.75, 3.05) is 56.6 Å². The Morgan fingerprint density at radius 1 is 1.20 bits per heavy atom. The van der Waals surface area contributed by atoms with Crippen molar-refractivity contribution in [1.29, 1.82) is 0 Å². The summed E-state index contributed by atoms with van der Waals surface area (Å²) < 4.78 is 98.5. The molecule has 3 aromatic rings. The van der Waals surface area contributed by atoms with Gasteiger partial charge < -0.3 is 30.0 Å². The van der Waals surface area contributed by atoms with Gasteiger partial charge >= 0.3 is 12.3 Å². The highest BCUT2D eigenvalue weighted by Gasteiger charge is 2.32. The summed E-state index contributed by atoms with van der Waals surface area (Å²) in [5.74, 6) is 3.27. The predicted octanol–water partition coefficient (Wildman–Crippen LogP) is 4.22. The first kappa shape index (κ1) is 37.0. The number of alkyl halides is 3. The quantitative estimate of drug-likeness (QED) is 0.120. The molecule has 0 bridgehead atoms. The highest BCUT2D eigenvalue weighted by Crippen LogP contribution is 2.39. The van der Waals surface area contributed by atoms with Crippen LogP contribution in [0.4, 0.5) is 33.7 Å². The predicted molar refractivity (Wildman–Crippen MR) is 176 cm³/mol. The number of thiophene rings is 1.